The van der Waals surface area contributed by atoms with Crippen LogP contribution in [0.2, 0.25) is 0 Å². The van der Waals surface area contributed by atoms with E-state index in [4.69, 9.17) is 4.74 Å². The largest absolute Gasteiger partial charge is 0.478 e. The van der Waals surface area contributed by atoms with Crippen molar-refractivity contribution in [2.24, 2.45) is 11.3 Å². The lowest BCUT2D eigenvalue weighted by atomic mass is 9.77. The van der Waals surface area contributed by atoms with Gasteiger partial charge in [0.2, 0.25) is 0 Å². The Balaban J connectivity index is 1.51. The molecule has 2 atom stereocenters. The van der Waals surface area contributed by atoms with Crippen LogP contribution in [-0.2, 0) is 9.53 Å². The number of carbonyl (C=O) groups excluding carboxylic acids is 1. The maximum absolute atomic E-state index is 12.8. The van der Waals surface area contributed by atoms with Crippen LogP contribution in [-0.4, -0.2) is 48.5 Å². The molecule has 1 aromatic carbocycles. The van der Waals surface area contributed by atoms with Gasteiger partial charge in [0.15, 0.2) is 0 Å². The number of fused-ring (bicyclic) bond motifs is 1. The van der Waals surface area contributed by atoms with E-state index >= 15 is 0 Å². The van der Waals surface area contributed by atoms with Crippen molar-refractivity contribution < 1.29 is 19.4 Å². The first-order chi connectivity index (χ1) is 13.4. The molecule has 2 fully saturated rings. The summed E-state index contributed by atoms with van der Waals surface area (Å²) in [6, 6.07) is 7.47. The Morgan fingerprint density at radius 1 is 1.21 bits per heavy atom. The molecule has 6 nitrogen and oxygen atoms in total. The monoisotopic (exact) mass is 402 g/mol. The van der Waals surface area contributed by atoms with Crippen LogP contribution >= 0.6 is 11.8 Å². The van der Waals surface area contributed by atoms with E-state index in [2.05, 4.69) is 24.1 Å². The van der Waals surface area contributed by atoms with E-state index in [0.29, 0.717) is 29.4 Å². The summed E-state index contributed by atoms with van der Waals surface area (Å²) in [5, 5.41) is 13.4. The fourth-order valence-corrected chi connectivity index (χ4v) is 6.22. The Bertz CT molecular complexity index is 812. The van der Waals surface area contributed by atoms with Crippen molar-refractivity contribution in [3.63, 3.8) is 0 Å². The second kappa shape index (κ2) is 7.44. The Hall–Kier alpha value is -1.99. The van der Waals surface area contributed by atoms with E-state index in [0.717, 1.165) is 31.6 Å². The second-order valence-electron chi connectivity index (χ2n) is 8.31. The topological polar surface area (TPSA) is 78.9 Å². The van der Waals surface area contributed by atoms with Gasteiger partial charge in [0.25, 0.3) is 5.91 Å². The molecule has 0 spiro atoms. The third kappa shape index (κ3) is 3.53. The molecule has 1 saturated carbocycles. The van der Waals surface area contributed by atoms with Gasteiger partial charge in [-0.15, -0.1) is 11.8 Å². The predicted octanol–water partition coefficient (Wildman–Crippen LogP) is 3.10. The maximum atomic E-state index is 12.8. The number of hydrogen-bond donors (Lipinski definition) is 2. The van der Waals surface area contributed by atoms with E-state index in [9.17, 15) is 14.7 Å². The summed E-state index contributed by atoms with van der Waals surface area (Å²) in [4.78, 5) is 26.9. The summed E-state index contributed by atoms with van der Waals surface area (Å²) in [7, 11) is 0. The lowest BCUT2D eigenvalue weighted by molar-refractivity contribution is -0.133. The van der Waals surface area contributed by atoms with E-state index in [1.807, 2.05) is 12.1 Å². The number of nitrogens with one attached hydrogen (secondary N) is 1. The number of nitrogens with zero attached hydrogens (tertiary/aromatic N) is 1. The number of ether oxygens (including phenoxy) is 1. The molecule has 1 saturated heterocycles. The highest BCUT2D eigenvalue weighted by Crippen LogP contribution is 2.57. The molecule has 2 heterocycles. The van der Waals surface area contributed by atoms with Crippen LogP contribution in [0.5, 0.6) is 0 Å². The molecular weight excluding hydrogens is 376 g/mol. The molecule has 1 aromatic rings. The molecule has 0 radical (unpaired) electrons. The third-order valence-corrected chi connectivity index (χ3v) is 7.44. The second-order valence-corrected chi connectivity index (χ2v) is 9.56. The van der Waals surface area contributed by atoms with Gasteiger partial charge in [-0.2, -0.15) is 0 Å². The molecule has 150 valence electrons. The first kappa shape index (κ1) is 19.3. The third-order valence-electron chi connectivity index (χ3n) is 6.07. The van der Waals surface area contributed by atoms with Gasteiger partial charge in [0, 0.05) is 35.5 Å². The molecule has 2 N–H and O–H groups in total. The van der Waals surface area contributed by atoms with Gasteiger partial charge in [-0.25, -0.2) is 4.79 Å². The van der Waals surface area contributed by atoms with Gasteiger partial charge >= 0.3 is 5.97 Å². The Morgan fingerprint density at radius 2 is 1.89 bits per heavy atom. The van der Waals surface area contributed by atoms with Crippen molar-refractivity contribution in [2.75, 3.05) is 31.2 Å². The lowest BCUT2D eigenvalue weighted by Gasteiger charge is -2.28. The number of carboxylic acids is 1. The molecule has 1 aliphatic carbocycles. The number of anilines is 1. The Labute approximate surface area is 169 Å². The molecule has 3 aliphatic rings. The Kier molecular flexibility index (Phi) is 5.14. The molecular formula is C21H26N2O4S. The number of amides is 1. The van der Waals surface area contributed by atoms with Gasteiger partial charge in [-0.05, 0) is 42.5 Å². The van der Waals surface area contributed by atoms with Gasteiger partial charge in [0.05, 0.1) is 23.8 Å². The number of carbonyl (C=O) groups is 2. The zero-order chi connectivity index (χ0) is 19.9. The van der Waals surface area contributed by atoms with Crippen molar-refractivity contribution in [2.45, 2.75) is 31.9 Å². The van der Waals surface area contributed by atoms with Gasteiger partial charge < -0.3 is 20.1 Å². The van der Waals surface area contributed by atoms with E-state index < -0.39 is 5.97 Å². The van der Waals surface area contributed by atoms with Crippen molar-refractivity contribution in [3.05, 3.63) is 40.4 Å². The fraction of sp³-hybridized carbons (Fsp3) is 0.524. The zero-order valence-corrected chi connectivity index (χ0v) is 17.1. The SMILES string of the molecule is CC1(C)CCC2SC(NC(=O)c3ccc(N4CCOCC4)cc3)=C(C(=O)O)C21. The predicted molar refractivity (Wildman–Crippen MR) is 109 cm³/mol. The van der Waals surface area contributed by atoms with Gasteiger partial charge in [-0.1, -0.05) is 13.8 Å². The minimum absolute atomic E-state index is 0.0194. The summed E-state index contributed by atoms with van der Waals surface area (Å²) in [6.45, 7) is 7.35. The summed E-state index contributed by atoms with van der Waals surface area (Å²) in [5.41, 5.74) is 1.91. The molecule has 1 amide bonds. The molecule has 4 rings (SSSR count). The van der Waals surface area contributed by atoms with Gasteiger partial charge in [-0.3, -0.25) is 4.79 Å². The van der Waals surface area contributed by atoms with Crippen molar-refractivity contribution >= 4 is 29.3 Å². The van der Waals surface area contributed by atoms with E-state index in [-0.39, 0.29) is 22.5 Å². The highest BCUT2D eigenvalue weighted by Gasteiger charge is 2.51. The quantitative estimate of drug-likeness (QED) is 0.806. The fourth-order valence-electron chi connectivity index (χ4n) is 4.55. The summed E-state index contributed by atoms with van der Waals surface area (Å²) >= 11 is 1.51. The van der Waals surface area contributed by atoms with Crippen molar-refractivity contribution in [3.8, 4) is 0 Å². The lowest BCUT2D eigenvalue weighted by Crippen LogP contribution is -2.36. The van der Waals surface area contributed by atoms with Gasteiger partial charge in [0.1, 0.15) is 0 Å². The van der Waals surface area contributed by atoms with Crippen LogP contribution < -0.4 is 10.2 Å². The maximum Gasteiger partial charge on any atom is 0.334 e. The smallest absolute Gasteiger partial charge is 0.334 e. The molecule has 7 heteroatoms. The van der Waals surface area contributed by atoms with Crippen LogP contribution in [0.3, 0.4) is 0 Å². The molecule has 2 unspecified atom stereocenters. The molecule has 2 aliphatic heterocycles. The first-order valence-corrected chi connectivity index (χ1v) is 10.6. The first-order valence-electron chi connectivity index (χ1n) is 9.75. The number of benzene rings is 1. The van der Waals surface area contributed by atoms with Crippen molar-refractivity contribution in [1.29, 1.82) is 0 Å². The van der Waals surface area contributed by atoms with Crippen molar-refractivity contribution in [1.82, 2.24) is 5.32 Å². The molecule has 0 aromatic heterocycles. The highest BCUT2D eigenvalue weighted by atomic mass is 32.2. The minimum Gasteiger partial charge on any atom is -0.478 e. The van der Waals surface area contributed by atoms with E-state index in [1.165, 1.54) is 11.8 Å². The normalized spacial score (nSPS) is 26.3. The summed E-state index contributed by atoms with van der Waals surface area (Å²) in [6.07, 6.45) is 1.99. The molecule has 28 heavy (non-hydrogen) atoms. The Morgan fingerprint density at radius 3 is 2.54 bits per heavy atom. The minimum atomic E-state index is -0.923. The zero-order valence-electron chi connectivity index (χ0n) is 16.2. The number of morpholine rings is 1. The van der Waals surface area contributed by atoms with Crippen LogP contribution in [0.4, 0.5) is 5.69 Å². The van der Waals surface area contributed by atoms with E-state index in [1.54, 1.807) is 12.1 Å². The number of aliphatic carboxylic acids is 1. The average molecular weight is 403 g/mol. The number of rotatable bonds is 4. The number of carboxylic acid groups (broad SMARTS) is 1. The number of thioether (sulfide) groups is 1. The average Bonchev–Trinajstić information content (AvgIpc) is 3.19. The van der Waals surface area contributed by atoms with Crippen LogP contribution in [0.15, 0.2) is 34.9 Å². The number of hydrogen-bond acceptors (Lipinski definition) is 5. The summed E-state index contributed by atoms with van der Waals surface area (Å²) in [5.74, 6) is -1.20. The van der Waals surface area contributed by atoms with Crippen LogP contribution in [0.25, 0.3) is 0 Å². The molecule has 0 bridgehead atoms. The standard InChI is InChI=1S/C21H26N2O4S/c1-21(2)8-7-15-17(21)16(20(25)26)19(28-15)22-18(24)13-3-5-14(6-4-13)23-9-11-27-12-10-23/h3-6,15,17H,7-12H2,1-2H3,(H,22,24)(H,25,26). The van der Waals surface area contributed by atoms with Crippen LogP contribution in [0.1, 0.15) is 37.0 Å². The highest BCUT2D eigenvalue weighted by molar-refractivity contribution is 8.04. The van der Waals surface area contributed by atoms with Crippen LogP contribution in [0, 0.1) is 11.3 Å². The summed E-state index contributed by atoms with van der Waals surface area (Å²) < 4.78 is 5.37.